The fourth-order valence-electron chi connectivity index (χ4n) is 2.00. The second-order valence-electron chi connectivity index (χ2n) is 3.97. The van der Waals surface area contributed by atoms with E-state index in [0.29, 0.717) is 13.2 Å². The van der Waals surface area contributed by atoms with Crippen LogP contribution in [-0.2, 0) is 16.2 Å². The minimum absolute atomic E-state index is 0.243. The first kappa shape index (κ1) is 13.4. The third-order valence-corrected chi connectivity index (χ3v) is 2.80. The van der Waals surface area contributed by atoms with Gasteiger partial charge in [0.2, 0.25) is 0 Å². The van der Waals surface area contributed by atoms with E-state index in [-0.39, 0.29) is 6.42 Å². The Labute approximate surface area is 111 Å². The van der Waals surface area contributed by atoms with Crippen molar-refractivity contribution in [1.82, 2.24) is 10.2 Å². The second-order valence-corrected chi connectivity index (χ2v) is 3.97. The molecule has 0 amide bonds. The van der Waals surface area contributed by atoms with Gasteiger partial charge in [0.1, 0.15) is 5.75 Å². The smallest absolute Gasteiger partial charge is 0.328 e. The molecule has 0 aliphatic rings. The van der Waals surface area contributed by atoms with E-state index in [1.807, 2.05) is 47.5 Å². The lowest BCUT2D eigenvalue weighted by atomic mass is 10.2. The van der Waals surface area contributed by atoms with Gasteiger partial charge in [0.15, 0.2) is 0 Å². The van der Waals surface area contributed by atoms with Crippen LogP contribution in [0.4, 0.5) is 0 Å². The van der Waals surface area contributed by atoms with Gasteiger partial charge in [-0.2, -0.15) is 0 Å². The van der Waals surface area contributed by atoms with Crippen LogP contribution in [0.2, 0.25) is 0 Å². The number of ether oxygens (including phenoxy) is 1. The molecule has 0 aliphatic heterocycles. The van der Waals surface area contributed by atoms with Crippen LogP contribution < -0.4 is 16.2 Å². The summed E-state index contributed by atoms with van der Waals surface area (Å²) in [7, 11) is 0. The predicted molar refractivity (Wildman–Crippen MR) is 71.1 cm³/mol. The maximum atomic E-state index is 11.2. The molecule has 1 heterocycles. The molecule has 1 aromatic carbocycles. The second kappa shape index (κ2) is 6.21. The summed E-state index contributed by atoms with van der Waals surface area (Å²) in [4.78, 5) is 15.7. The quantitative estimate of drug-likeness (QED) is 0.607. The lowest BCUT2D eigenvalue weighted by molar-refractivity contribution is -0.151. The Bertz CT molecular complexity index is 565. The number of nitrogens with one attached hydrogen (secondary N) is 1. The zero-order valence-electron chi connectivity index (χ0n) is 10.8. The molecule has 6 heteroatoms. The van der Waals surface area contributed by atoms with Gasteiger partial charge in [0.25, 0.3) is 0 Å². The van der Waals surface area contributed by atoms with Crippen LogP contribution in [0.3, 0.4) is 0 Å². The molecule has 2 aromatic rings. The third-order valence-electron chi connectivity index (χ3n) is 2.80. The fraction of sp³-hybridized carbons (Fsp3) is 0.308. The fourth-order valence-corrected chi connectivity index (χ4v) is 2.00. The molecule has 0 aliphatic carbocycles. The number of hydrogen-bond donors (Lipinski definition) is 2. The lowest BCUT2D eigenvalue weighted by Gasteiger charge is -2.07. The number of rotatable bonds is 6. The zero-order valence-corrected chi connectivity index (χ0v) is 10.8. The largest absolute Gasteiger partial charge is 0.493 e. The molecular weight excluding hydrogens is 246 g/mol. The maximum absolute atomic E-state index is 11.2. The van der Waals surface area contributed by atoms with Crippen molar-refractivity contribution in [3.05, 3.63) is 30.5 Å². The van der Waals surface area contributed by atoms with Crippen molar-refractivity contribution in [2.75, 3.05) is 6.61 Å². The van der Waals surface area contributed by atoms with Gasteiger partial charge >= 0.3 is 5.97 Å². The summed E-state index contributed by atoms with van der Waals surface area (Å²) in [6, 6.07) is 7.84. The van der Waals surface area contributed by atoms with Crippen molar-refractivity contribution in [3.8, 4) is 5.75 Å². The number of hydrazine groups is 1. The molecule has 102 valence electrons. The monoisotopic (exact) mass is 263 g/mol. The van der Waals surface area contributed by atoms with E-state index in [2.05, 4.69) is 4.84 Å². The molecule has 0 unspecified atom stereocenters. The van der Waals surface area contributed by atoms with Crippen molar-refractivity contribution >= 4 is 16.9 Å². The van der Waals surface area contributed by atoms with Crippen molar-refractivity contribution in [3.63, 3.8) is 0 Å². The normalized spacial score (nSPS) is 10.6. The molecule has 0 atom stereocenters. The molecule has 0 fully saturated rings. The van der Waals surface area contributed by atoms with E-state index in [1.54, 1.807) is 0 Å². The SMILES string of the molecule is CCOc1cccc2c1ccn2CCC(=O)ONN. The molecule has 19 heavy (non-hydrogen) atoms. The number of hydrogen-bond acceptors (Lipinski definition) is 5. The Morgan fingerprint density at radius 2 is 2.26 bits per heavy atom. The van der Waals surface area contributed by atoms with E-state index in [4.69, 9.17) is 10.6 Å². The number of carbonyl (C=O) groups excluding carboxylic acids is 1. The molecule has 0 radical (unpaired) electrons. The summed E-state index contributed by atoms with van der Waals surface area (Å²) in [5.74, 6) is 5.36. The molecular formula is C13H17N3O3. The molecule has 2 rings (SSSR count). The highest BCUT2D eigenvalue weighted by atomic mass is 16.7. The Kier molecular flexibility index (Phi) is 4.38. The van der Waals surface area contributed by atoms with Crippen molar-refractivity contribution in [2.45, 2.75) is 19.9 Å². The number of fused-ring (bicyclic) bond motifs is 1. The number of nitrogens with zero attached hydrogens (tertiary/aromatic N) is 1. The topological polar surface area (TPSA) is 78.5 Å². The van der Waals surface area contributed by atoms with E-state index in [1.165, 1.54) is 0 Å². The standard InChI is InChI=1S/C13H17N3O3/c1-2-18-12-5-3-4-11-10(12)6-8-16(11)9-7-13(17)19-15-14/h3-6,8,15H,2,7,9,14H2,1H3. The average Bonchev–Trinajstić information content (AvgIpc) is 2.81. The molecule has 0 saturated heterocycles. The van der Waals surface area contributed by atoms with Crippen LogP contribution in [0.15, 0.2) is 30.5 Å². The minimum atomic E-state index is -0.398. The Hall–Kier alpha value is -2.05. The number of nitrogens with two attached hydrogens (primary N) is 1. The highest BCUT2D eigenvalue weighted by Crippen LogP contribution is 2.26. The molecule has 0 saturated carbocycles. The van der Waals surface area contributed by atoms with Gasteiger partial charge in [-0.3, -0.25) is 4.79 Å². The first-order valence-corrected chi connectivity index (χ1v) is 6.12. The van der Waals surface area contributed by atoms with Gasteiger partial charge in [0, 0.05) is 18.1 Å². The van der Waals surface area contributed by atoms with E-state index in [0.717, 1.165) is 16.7 Å². The molecule has 3 N–H and O–H groups in total. The van der Waals surface area contributed by atoms with Crippen molar-refractivity contribution < 1.29 is 14.4 Å². The number of benzene rings is 1. The Morgan fingerprint density at radius 1 is 1.42 bits per heavy atom. The van der Waals surface area contributed by atoms with Crippen LogP contribution in [0.5, 0.6) is 5.75 Å². The first-order chi connectivity index (χ1) is 9.26. The third kappa shape index (κ3) is 3.04. The summed E-state index contributed by atoms with van der Waals surface area (Å²) >= 11 is 0. The Morgan fingerprint density at radius 3 is 3.00 bits per heavy atom. The molecule has 0 bridgehead atoms. The molecule has 0 spiro atoms. The zero-order chi connectivity index (χ0) is 13.7. The number of aromatic nitrogens is 1. The van der Waals surface area contributed by atoms with Gasteiger partial charge in [0.05, 0.1) is 18.5 Å². The van der Waals surface area contributed by atoms with Crippen molar-refractivity contribution in [1.29, 1.82) is 0 Å². The van der Waals surface area contributed by atoms with Gasteiger partial charge in [-0.15, -0.1) is 0 Å². The van der Waals surface area contributed by atoms with Crippen LogP contribution in [0.1, 0.15) is 13.3 Å². The number of aryl methyl sites for hydroxylation is 1. The maximum Gasteiger partial charge on any atom is 0.328 e. The summed E-state index contributed by atoms with van der Waals surface area (Å²) in [6.45, 7) is 3.10. The van der Waals surface area contributed by atoms with E-state index < -0.39 is 5.97 Å². The average molecular weight is 263 g/mol. The van der Waals surface area contributed by atoms with Crippen LogP contribution in [0.25, 0.3) is 10.9 Å². The van der Waals surface area contributed by atoms with Crippen LogP contribution in [-0.4, -0.2) is 17.1 Å². The van der Waals surface area contributed by atoms with Crippen LogP contribution in [0, 0.1) is 0 Å². The molecule has 6 nitrogen and oxygen atoms in total. The van der Waals surface area contributed by atoms with Crippen LogP contribution >= 0.6 is 0 Å². The minimum Gasteiger partial charge on any atom is -0.493 e. The summed E-state index contributed by atoms with van der Waals surface area (Å²) in [5, 5.41) is 1.04. The van der Waals surface area contributed by atoms with Gasteiger partial charge in [-0.05, 0) is 25.1 Å². The highest BCUT2D eigenvalue weighted by molar-refractivity contribution is 5.86. The summed E-state index contributed by atoms with van der Waals surface area (Å²) in [5.41, 5.74) is 2.91. The summed E-state index contributed by atoms with van der Waals surface area (Å²) in [6.07, 6.45) is 2.17. The van der Waals surface area contributed by atoms with E-state index in [9.17, 15) is 4.79 Å². The first-order valence-electron chi connectivity index (χ1n) is 6.12. The van der Waals surface area contributed by atoms with Crippen molar-refractivity contribution in [2.24, 2.45) is 5.84 Å². The lowest BCUT2D eigenvalue weighted by Crippen LogP contribution is -2.26. The molecule has 1 aromatic heterocycles. The predicted octanol–water partition coefficient (Wildman–Crippen LogP) is 1.35. The number of carbonyl (C=O) groups is 1. The van der Waals surface area contributed by atoms with Gasteiger partial charge < -0.3 is 14.1 Å². The van der Waals surface area contributed by atoms with Gasteiger partial charge in [-0.25, -0.2) is 5.84 Å². The van der Waals surface area contributed by atoms with Gasteiger partial charge in [-0.1, -0.05) is 11.7 Å². The highest BCUT2D eigenvalue weighted by Gasteiger charge is 2.08. The summed E-state index contributed by atoms with van der Waals surface area (Å²) < 4.78 is 7.55. The van der Waals surface area contributed by atoms with E-state index >= 15 is 0 Å². The Balaban J connectivity index is 2.16.